The molecule has 0 heterocycles. The van der Waals surface area contributed by atoms with Gasteiger partial charge in [-0.05, 0) is 13.0 Å². The van der Waals surface area contributed by atoms with Crippen LogP contribution in [0.25, 0.3) is 0 Å². The molecule has 1 aromatic carbocycles. The van der Waals surface area contributed by atoms with Gasteiger partial charge < -0.3 is 4.74 Å². The van der Waals surface area contributed by atoms with E-state index in [2.05, 4.69) is 0 Å². The smallest absolute Gasteiger partial charge is 0.369 e. The highest BCUT2D eigenvalue weighted by Crippen LogP contribution is 2.16. The van der Waals surface area contributed by atoms with Crippen molar-refractivity contribution in [2.75, 3.05) is 6.61 Å². The lowest BCUT2D eigenvalue weighted by Gasteiger charge is -2.00. The average Bonchev–Trinajstić information content (AvgIpc) is 2.17. The van der Waals surface area contributed by atoms with E-state index in [0.717, 1.165) is 6.07 Å². The summed E-state index contributed by atoms with van der Waals surface area (Å²) in [7, 11) is 0. The first-order valence-corrected chi connectivity index (χ1v) is 4.25. The van der Waals surface area contributed by atoms with Gasteiger partial charge in [0.05, 0.1) is 17.6 Å². The molecule has 0 spiro atoms. The Bertz CT molecular complexity index is 406. The SMILES string of the molecule is CCOC(=[NH2+])c1ccc([N+](=O)[O-])cc1F. The van der Waals surface area contributed by atoms with Crippen LogP contribution < -0.4 is 5.41 Å². The van der Waals surface area contributed by atoms with Gasteiger partial charge in [-0.2, -0.15) is 0 Å². The standard InChI is InChI=1S/C9H9FN2O3/c1-2-15-9(11)7-4-3-6(12(13)14)5-8(7)10/h3-5,11H,2H2,1H3/p+1. The van der Waals surface area contributed by atoms with Crippen LogP contribution in [0.2, 0.25) is 0 Å². The summed E-state index contributed by atoms with van der Waals surface area (Å²) < 4.78 is 18.2. The van der Waals surface area contributed by atoms with E-state index < -0.39 is 10.7 Å². The number of hydrogen-bond acceptors (Lipinski definition) is 3. The molecular formula is C9H10FN2O3+. The fourth-order valence-electron chi connectivity index (χ4n) is 1.05. The van der Waals surface area contributed by atoms with Crippen LogP contribution in [0.1, 0.15) is 12.5 Å². The number of nitro groups is 1. The lowest BCUT2D eigenvalue weighted by atomic mass is 10.2. The Balaban J connectivity index is 3.03. The molecule has 0 unspecified atom stereocenters. The van der Waals surface area contributed by atoms with Crippen LogP contribution in [0.4, 0.5) is 10.1 Å². The normalized spacial score (nSPS) is 9.73. The summed E-state index contributed by atoms with van der Waals surface area (Å²) in [5, 5.41) is 15.7. The molecule has 6 heteroatoms. The van der Waals surface area contributed by atoms with Crippen molar-refractivity contribution in [1.82, 2.24) is 0 Å². The number of non-ortho nitro benzene ring substituents is 1. The third-order valence-electron chi connectivity index (χ3n) is 1.73. The molecule has 0 saturated carbocycles. The highest BCUT2D eigenvalue weighted by atomic mass is 19.1. The number of nitrogens with zero attached hydrogens (tertiary/aromatic N) is 1. The number of ether oxygens (including phenoxy) is 1. The Morgan fingerprint density at radius 2 is 2.33 bits per heavy atom. The molecule has 0 aliphatic rings. The largest absolute Gasteiger partial charge is 0.445 e. The number of nitro benzene ring substituents is 1. The summed E-state index contributed by atoms with van der Waals surface area (Å²) in [5.74, 6) is -0.847. The number of nitrogens with two attached hydrogens (primary N) is 1. The second-order valence-electron chi connectivity index (χ2n) is 2.72. The van der Waals surface area contributed by atoms with Crippen LogP contribution in [0.15, 0.2) is 18.2 Å². The van der Waals surface area contributed by atoms with E-state index in [-0.39, 0.29) is 17.1 Å². The molecule has 0 atom stereocenters. The topological polar surface area (TPSA) is 78.0 Å². The molecular weight excluding hydrogens is 203 g/mol. The van der Waals surface area contributed by atoms with Gasteiger partial charge in [0.1, 0.15) is 11.4 Å². The lowest BCUT2D eigenvalue weighted by molar-refractivity contribution is -0.385. The zero-order chi connectivity index (χ0) is 11.4. The third-order valence-corrected chi connectivity index (χ3v) is 1.73. The van der Waals surface area contributed by atoms with E-state index in [1.807, 2.05) is 0 Å². The fourth-order valence-corrected chi connectivity index (χ4v) is 1.05. The summed E-state index contributed by atoms with van der Waals surface area (Å²) in [5.41, 5.74) is -0.289. The van der Waals surface area contributed by atoms with Gasteiger partial charge in [0, 0.05) is 6.07 Å². The first-order chi connectivity index (χ1) is 7.06. The van der Waals surface area contributed by atoms with Crippen molar-refractivity contribution in [2.24, 2.45) is 0 Å². The number of hydrogen-bond donors (Lipinski definition) is 1. The molecule has 2 N–H and O–H groups in total. The van der Waals surface area contributed by atoms with Gasteiger partial charge in [0.2, 0.25) is 0 Å². The molecule has 0 saturated heterocycles. The monoisotopic (exact) mass is 213 g/mol. The van der Waals surface area contributed by atoms with Crippen molar-refractivity contribution < 1.29 is 19.5 Å². The van der Waals surface area contributed by atoms with Crippen LogP contribution in [0.3, 0.4) is 0 Å². The predicted octanol–water partition coefficient (Wildman–Crippen LogP) is 0.276. The Kier molecular flexibility index (Phi) is 3.33. The molecule has 1 aromatic rings. The van der Waals surface area contributed by atoms with Gasteiger partial charge in [-0.25, -0.2) is 9.80 Å². The molecule has 0 aromatic heterocycles. The molecule has 15 heavy (non-hydrogen) atoms. The molecule has 1 rings (SSSR count). The minimum Gasteiger partial charge on any atom is -0.445 e. The summed E-state index contributed by atoms with van der Waals surface area (Å²) in [6.45, 7) is 2.01. The summed E-state index contributed by atoms with van der Waals surface area (Å²) >= 11 is 0. The number of benzene rings is 1. The Hall–Kier alpha value is -1.98. The highest BCUT2D eigenvalue weighted by Gasteiger charge is 2.17. The van der Waals surface area contributed by atoms with Crippen molar-refractivity contribution in [3.63, 3.8) is 0 Å². The predicted molar refractivity (Wildman–Crippen MR) is 50.7 cm³/mol. The van der Waals surface area contributed by atoms with E-state index in [9.17, 15) is 14.5 Å². The van der Waals surface area contributed by atoms with Gasteiger partial charge in [-0.15, -0.1) is 0 Å². The van der Waals surface area contributed by atoms with E-state index in [0.29, 0.717) is 6.61 Å². The Morgan fingerprint density at radius 1 is 1.67 bits per heavy atom. The maximum Gasteiger partial charge on any atom is 0.369 e. The molecule has 0 aliphatic carbocycles. The molecule has 0 amide bonds. The minimum absolute atomic E-state index is 0.0300. The zero-order valence-electron chi connectivity index (χ0n) is 8.07. The van der Waals surface area contributed by atoms with Gasteiger partial charge in [-0.1, -0.05) is 0 Å². The van der Waals surface area contributed by atoms with Crippen molar-refractivity contribution in [3.8, 4) is 0 Å². The molecule has 80 valence electrons. The minimum atomic E-state index is -0.768. The molecule has 5 nitrogen and oxygen atoms in total. The first kappa shape index (κ1) is 11.1. The number of halogens is 1. The van der Waals surface area contributed by atoms with Crippen molar-refractivity contribution >= 4 is 11.6 Å². The van der Waals surface area contributed by atoms with Crippen molar-refractivity contribution in [3.05, 3.63) is 39.7 Å². The third kappa shape index (κ3) is 2.49. The molecule has 0 fully saturated rings. The lowest BCUT2D eigenvalue weighted by Crippen LogP contribution is -2.42. The van der Waals surface area contributed by atoms with Crippen LogP contribution in [0, 0.1) is 15.9 Å². The van der Waals surface area contributed by atoms with Gasteiger partial charge in [0.25, 0.3) is 5.69 Å². The fraction of sp³-hybridized carbons (Fsp3) is 0.222. The second-order valence-corrected chi connectivity index (χ2v) is 2.72. The van der Waals surface area contributed by atoms with E-state index in [4.69, 9.17) is 10.1 Å². The van der Waals surface area contributed by atoms with E-state index >= 15 is 0 Å². The summed E-state index contributed by atoms with van der Waals surface area (Å²) in [6.07, 6.45) is 0. The van der Waals surface area contributed by atoms with E-state index in [1.54, 1.807) is 6.92 Å². The maximum atomic E-state index is 13.3. The second kappa shape index (κ2) is 4.50. The van der Waals surface area contributed by atoms with E-state index in [1.165, 1.54) is 12.1 Å². The van der Waals surface area contributed by atoms with Gasteiger partial charge >= 0.3 is 5.90 Å². The van der Waals surface area contributed by atoms with Crippen molar-refractivity contribution in [2.45, 2.75) is 6.92 Å². The highest BCUT2D eigenvalue weighted by molar-refractivity contribution is 5.89. The molecule has 0 aliphatic heterocycles. The number of rotatable bonds is 3. The van der Waals surface area contributed by atoms with Crippen LogP contribution in [-0.4, -0.2) is 17.4 Å². The van der Waals surface area contributed by atoms with Gasteiger partial charge in [0.15, 0.2) is 0 Å². The molecule has 0 bridgehead atoms. The summed E-state index contributed by atoms with van der Waals surface area (Å²) in [4.78, 5) is 9.65. The zero-order valence-corrected chi connectivity index (χ0v) is 8.07. The Morgan fingerprint density at radius 3 is 2.80 bits per heavy atom. The van der Waals surface area contributed by atoms with Crippen LogP contribution >= 0.6 is 0 Å². The average molecular weight is 213 g/mol. The summed E-state index contributed by atoms with van der Waals surface area (Å²) in [6, 6.07) is 3.20. The Labute approximate surface area is 85.1 Å². The van der Waals surface area contributed by atoms with Gasteiger partial charge in [-0.3, -0.25) is 10.1 Å². The van der Waals surface area contributed by atoms with Crippen molar-refractivity contribution in [1.29, 1.82) is 0 Å². The van der Waals surface area contributed by atoms with Crippen LogP contribution in [-0.2, 0) is 4.74 Å². The quantitative estimate of drug-likeness (QED) is 0.339. The maximum absolute atomic E-state index is 13.3. The first-order valence-electron chi connectivity index (χ1n) is 4.25. The molecule has 0 radical (unpaired) electrons. The van der Waals surface area contributed by atoms with Crippen LogP contribution in [0.5, 0.6) is 0 Å².